The Bertz CT molecular complexity index is 638. The van der Waals surface area contributed by atoms with Crippen molar-refractivity contribution in [3.05, 3.63) is 46.2 Å². The van der Waals surface area contributed by atoms with Gasteiger partial charge in [-0.2, -0.15) is 0 Å². The molecule has 1 heterocycles. The van der Waals surface area contributed by atoms with Gasteiger partial charge < -0.3 is 15.4 Å². The zero-order valence-corrected chi connectivity index (χ0v) is 12.6. The van der Waals surface area contributed by atoms with Gasteiger partial charge in [-0.3, -0.25) is 9.59 Å². The topological polar surface area (TPSA) is 67.4 Å². The van der Waals surface area contributed by atoms with E-state index in [4.69, 9.17) is 4.74 Å². The number of rotatable bonds is 5. The lowest BCUT2D eigenvalue weighted by Crippen LogP contribution is -2.22. The maximum atomic E-state index is 11.9. The summed E-state index contributed by atoms with van der Waals surface area (Å²) in [7, 11) is 1.57. The van der Waals surface area contributed by atoms with E-state index in [0.717, 1.165) is 5.56 Å². The van der Waals surface area contributed by atoms with Crippen LogP contribution in [0, 0.1) is 0 Å². The minimum Gasteiger partial charge on any atom is -0.496 e. The van der Waals surface area contributed by atoms with Crippen molar-refractivity contribution in [2.75, 3.05) is 12.4 Å². The molecule has 2 rings (SSSR count). The summed E-state index contributed by atoms with van der Waals surface area (Å²) in [4.78, 5) is 23.7. The van der Waals surface area contributed by atoms with E-state index in [1.165, 1.54) is 18.3 Å². The van der Waals surface area contributed by atoms with Gasteiger partial charge in [0, 0.05) is 24.7 Å². The molecule has 0 aliphatic carbocycles. The summed E-state index contributed by atoms with van der Waals surface area (Å²) in [6.07, 6.45) is 0. The minimum atomic E-state index is -0.145. The van der Waals surface area contributed by atoms with Crippen LogP contribution in [0.3, 0.4) is 0 Å². The Morgan fingerprint density at radius 3 is 2.71 bits per heavy atom. The minimum absolute atomic E-state index is 0.128. The summed E-state index contributed by atoms with van der Waals surface area (Å²) >= 11 is 1.39. The molecule has 110 valence electrons. The lowest BCUT2D eigenvalue weighted by atomic mass is 10.1. The van der Waals surface area contributed by atoms with Gasteiger partial charge >= 0.3 is 0 Å². The monoisotopic (exact) mass is 304 g/mol. The molecule has 0 aliphatic heterocycles. The summed E-state index contributed by atoms with van der Waals surface area (Å²) in [5.41, 5.74) is 1.47. The third kappa shape index (κ3) is 4.06. The number of hydrogen-bond donors (Lipinski definition) is 2. The molecule has 0 saturated carbocycles. The molecule has 2 aromatic rings. The highest BCUT2D eigenvalue weighted by Gasteiger charge is 2.09. The second-order valence-electron chi connectivity index (χ2n) is 4.37. The summed E-state index contributed by atoms with van der Waals surface area (Å²) in [6.45, 7) is 1.77. The number of ether oxygens (including phenoxy) is 1. The quantitative estimate of drug-likeness (QED) is 0.892. The number of benzene rings is 1. The van der Waals surface area contributed by atoms with Crippen molar-refractivity contribution in [3.8, 4) is 5.75 Å². The predicted octanol–water partition coefficient (Wildman–Crippen LogP) is 2.65. The Balaban J connectivity index is 2.10. The molecule has 1 aromatic heterocycles. The number of methoxy groups -OCH3 is 1. The molecule has 0 saturated heterocycles. The predicted molar refractivity (Wildman–Crippen MR) is 82.8 cm³/mol. The molecule has 0 bridgehead atoms. The van der Waals surface area contributed by atoms with Gasteiger partial charge in [0.2, 0.25) is 5.91 Å². The molecular weight excluding hydrogens is 288 g/mol. The van der Waals surface area contributed by atoms with Crippen molar-refractivity contribution in [2.45, 2.75) is 13.5 Å². The van der Waals surface area contributed by atoms with Crippen molar-refractivity contribution in [1.29, 1.82) is 0 Å². The van der Waals surface area contributed by atoms with E-state index in [-0.39, 0.29) is 11.8 Å². The maximum Gasteiger partial charge on any atom is 0.261 e. The third-order valence-electron chi connectivity index (χ3n) is 2.79. The van der Waals surface area contributed by atoms with Gasteiger partial charge in [-0.1, -0.05) is 6.07 Å². The van der Waals surface area contributed by atoms with Gasteiger partial charge in [-0.15, -0.1) is 11.3 Å². The Kier molecular flexibility index (Phi) is 4.94. The van der Waals surface area contributed by atoms with Crippen molar-refractivity contribution in [3.63, 3.8) is 0 Å². The molecule has 0 spiro atoms. The zero-order chi connectivity index (χ0) is 15.2. The van der Waals surface area contributed by atoms with Crippen LogP contribution < -0.4 is 15.4 Å². The number of hydrogen-bond acceptors (Lipinski definition) is 4. The first kappa shape index (κ1) is 15.1. The Morgan fingerprint density at radius 2 is 2.10 bits per heavy atom. The molecule has 0 radical (unpaired) electrons. The van der Waals surface area contributed by atoms with Crippen LogP contribution >= 0.6 is 11.3 Å². The van der Waals surface area contributed by atoms with Gasteiger partial charge in [0.1, 0.15) is 5.75 Å². The molecule has 2 N–H and O–H groups in total. The largest absolute Gasteiger partial charge is 0.496 e. The van der Waals surface area contributed by atoms with E-state index in [0.29, 0.717) is 22.9 Å². The van der Waals surface area contributed by atoms with Gasteiger partial charge in [0.05, 0.1) is 12.0 Å². The van der Waals surface area contributed by atoms with E-state index in [1.807, 2.05) is 11.4 Å². The summed E-state index contributed by atoms with van der Waals surface area (Å²) in [5.74, 6) is 0.390. The molecule has 0 atom stereocenters. The Hall–Kier alpha value is -2.34. The van der Waals surface area contributed by atoms with Gasteiger partial charge in [0.25, 0.3) is 5.91 Å². The smallest absolute Gasteiger partial charge is 0.261 e. The molecule has 21 heavy (non-hydrogen) atoms. The van der Waals surface area contributed by atoms with Crippen LogP contribution in [0.15, 0.2) is 35.7 Å². The molecule has 2 amide bonds. The molecule has 0 unspecified atom stereocenters. The highest BCUT2D eigenvalue weighted by molar-refractivity contribution is 7.12. The van der Waals surface area contributed by atoms with Gasteiger partial charge in [0.15, 0.2) is 0 Å². The highest BCUT2D eigenvalue weighted by atomic mass is 32.1. The van der Waals surface area contributed by atoms with Crippen molar-refractivity contribution >= 4 is 28.8 Å². The summed E-state index contributed by atoms with van der Waals surface area (Å²) in [5, 5.41) is 7.40. The van der Waals surface area contributed by atoms with Crippen LogP contribution in [0.4, 0.5) is 5.69 Å². The van der Waals surface area contributed by atoms with E-state index >= 15 is 0 Å². The van der Waals surface area contributed by atoms with Crippen molar-refractivity contribution < 1.29 is 14.3 Å². The van der Waals surface area contributed by atoms with Crippen LogP contribution in [-0.4, -0.2) is 18.9 Å². The number of nitrogens with one attached hydrogen (secondary N) is 2. The number of anilines is 1. The number of carbonyl (C=O) groups excluding carboxylic acids is 2. The fraction of sp³-hybridized carbons (Fsp3) is 0.200. The summed E-state index contributed by atoms with van der Waals surface area (Å²) < 4.78 is 5.27. The van der Waals surface area contributed by atoms with E-state index in [2.05, 4.69) is 10.6 Å². The first-order valence-corrected chi connectivity index (χ1v) is 7.24. The fourth-order valence-corrected chi connectivity index (χ4v) is 2.51. The van der Waals surface area contributed by atoms with Gasteiger partial charge in [-0.25, -0.2) is 0 Å². The van der Waals surface area contributed by atoms with Crippen LogP contribution in [0.25, 0.3) is 0 Å². The summed E-state index contributed by atoms with van der Waals surface area (Å²) in [6, 6.07) is 8.90. The van der Waals surface area contributed by atoms with Crippen LogP contribution in [-0.2, 0) is 11.3 Å². The maximum absolute atomic E-state index is 11.9. The second-order valence-corrected chi connectivity index (χ2v) is 5.32. The molecule has 6 heteroatoms. The lowest BCUT2D eigenvalue weighted by Gasteiger charge is -2.11. The SMILES string of the molecule is COc1ccc(NC(C)=O)cc1CNC(=O)c1cccs1. The lowest BCUT2D eigenvalue weighted by molar-refractivity contribution is -0.114. The van der Waals surface area contributed by atoms with Gasteiger partial charge in [-0.05, 0) is 29.6 Å². The average Bonchev–Trinajstić information content (AvgIpc) is 2.98. The Morgan fingerprint density at radius 1 is 1.29 bits per heavy atom. The highest BCUT2D eigenvalue weighted by Crippen LogP contribution is 2.22. The van der Waals surface area contributed by atoms with E-state index < -0.39 is 0 Å². The molecular formula is C15H16N2O3S. The molecule has 0 fully saturated rings. The van der Waals surface area contributed by atoms with E-state index in [1.54, 1.807) is 31.4 Å². The normalized spacial score (nSPS) is 10.0. The molecule has 0 aliphatic rings. The number of thiophene rings is 1. The zero-order valence-electron chi connectivity index (χ0n) is 11.8. The Labute approximate surface area is 126 Å². The molecule has 1 aromatic carbocycles. The van der Waals surface area contributed by atoms with Crippen LogP contribution in [0.1, 0.15) is 22.2 Å². The average molecular weight is 304 g/mol. The van der Waals surface area contributed by atoms with Crippen molar-refractivity contribution in [1.82, 2.24) is 5.32 Å². The van der Waals surface area contributed by atoms with E-state index in [9.17, 15) is 9.59 Å². The van der Waals surface area contributed by atoms with Crippen LogP contribution in [0.2, 0.25) is 0 Å². The fourth-order valence-electron chi connectivity index (χ4n) is 1.87. The first-order valence-electron chi connectivity index (χ1n) is 6.36. The van der Waals surface area contributed by atoms with Crippen LogP contribution in [0.5, 0.6) is 5.75 Å². The second kappa shape index (κ2) is 6.90. The number of amides is 2. The third-order valence-corrected chi connectivity index (χ3v) is 3.65. The molecule has 5 nitrogen and oxygen atoms in total. The standard InChI is InChI=1S/C15H16N2O3S/c1-10(18)17-12-5-6-13(20-2)11(8-12)9-16-15(19)14-4-3-7-21-14/h3-8H,9H2,1-2H3,(H,16,19)(H,17,18). The number of carbonyl (C=O) groups is 2. The first-order chi connectivity index (χ1) is 10.1. The van der Waals surface area contributed by atoms with Crippen molar-refractivity contribution in [2.24, 2.45) is 0 Å².